The van der Waals surface area contributed by atoms with Crippen LogP contribution in [0.1, 0.15) is 38.5 Å². The van der Waals surface area contributed by atoms with Gasteiger partial charge in [-0.05, 0) is 100 Å². The zero-order valence-corrected chi connectivity index (χ0v) is 19.1. The number of hydrogen-bond acceptors (Lipinski definition) is 6. The van der Waals surface area contributed by atoms with Gasteiger partial charge in [-0.15, -0.1) is 0 Å². The van der Waals surface area contributed by atoms with E-state index in [9.17, 15) is 0 Å². The van der Waals surface area contributed by atoms with Gasteiger partial charge in [-0.25, -0.2) is 0 Å². The molecule has 0 amide bonds. The molecular formula is C26H36N4O2. The van der Waals surface area contributed by atoms with Gasteiger partial charge in [-0.3, -0.25) is 9.80 Å². The highest BCUT2D eigenvalue weighted by Gasteiger charge is 2.10. The molecule has 2 aromatic carbocycles. The Morgan fingerprint density at radius 2 is 0.906 bits per heavy atom. The number of hydrogen-bond donors (Lipinski definition) is 0. The van der Waals surface area contributed by atoms with Crippen molar-refractivity contribution >= 4 is 11.4 Å². The van der Waals surface area contributed by atoms with Gasteiger partial charge in [0.2, 0.25) is 0 Å². The molecule has 2 aliphatic heterocycles. The lowest BCUT2D eigenvalue weighted by Gasteiger charge is -2.26. The number of likely N-dealkylation sites (tertiary alicyclic amines) is 2. The van der Waals surface area contributed by atoms with Gasteiger partial charge in [0.1, 0.15) is 24.7 Å². The highest BCUT2D eigenvalue weighted by Crippen LogP contribution is 2.23. The van der Waals surface area contributed by atoms with Crippen molar-refractivity contribution in [3.05, 3.63) is 48.5 Å². The van der Waals surface area contributed by atoms with Gasteiger partial charge in [-0.1, -0.05) is 12.8 Å². The molecule has 0 unspecified atom stereocenters. The summed E-state index contributed by atoms with van der Waals surface area (Å²) >= 11 is 0. The number of rotatable bonds is 10. The number of azo groups is 1. The van der Waals surface area contributed by atoms with E-state index in [2.05, 4.69) is 20.0 Å². The molecule has 0 aliphatic carbocycles. The van der Waals surface area contributed by atoms with E-state index in [0.717, 1.165) is 49.2 Å². The van der Waals surface area contributed by atoms with Crippen molar-refractivity contribution in [3.8, 4) is 11.5 Å². The molecule has 2 aromatic rings. The Hall–Kier alpha value is -2.44. The molecule has 0 atom stereocenters. The second kappa shape index (κ2) is 12.6. The summed E-state index contributed by atoms with van der Waals surface area (Å²) in [6.07, 6.45) is 7.99. The van der Waals surface area contributed by atoms with Crippen LogP contribution in [0.15, 0.2) is 58.8 Å². The first-order valence-electron chi connectivity index (χ1n) is 12.2. The quantitative estimate of drug-likeness (QED) is 0.440. The van der Waals surface area contributed by atoms with Gasteiger partial charge in [0.05, 0.1) is 11.4 Å². The summed E-state index contributed by atoms with van der Waals surface area (Å²) in [6.45, 7) is 8.27. The fourth-order valence-electron chi connectivity index (χ4n) is 4.28. The molecule has 0 aromatic heterocycles. The Morgan fingerprint density at radius 1 is 0.531 bits per heavy atom. The third-order valence-corrected chi connectivity index (χ3v) is 6.20. The van der Waals surface area contributed by atoms with Gasteiger partial charge in [0, 0.05) is 13.1 Å². The normalized spacial score (nSPS) is 18.1. The summed E-state index contributed by atoms with van der Waals surface area (Å²) in [5.74, 6) is 1.76. The smallest absolute Gasteiger partial charge is 0.119 e. The van der Waals surface area contributed by atoms with Crippen molar-refractivity contribution in [2.24, 2.45) is 10.2 Å². The van der Waals surface area contributed by atoms with E-state index >= 15 is 0 Å². The molecule has 32 heavy (non-hydrogen) atoms. The minimum atomic E-state index is 0.729. The van der Waals surface area contributed by atoms with Crippen LogP contribution < -0.4 is 9.47 Å². The van der Waals surface area contributed by atoms with Crippen molar-refractivity contribution in [2.75, 3.05) is 52.5 Å². The third-order valence-electron chi connectivity index (χ3n) is 6.20. The molecule has 2 saturated heterocycles. The molecule has 2 fully saturated rings. The first-order valence-corrected chi connectivity index (χ1v) is 12.2. The number of benzene rings is 2. The summed E-state index contributed by atoms with van der Waals surface area (Å²) in [6, 6.07) is 15.6. The maximum Gasteiger partial charge on any atom is 0.119 e. The van der Waals surface area contributed by atoms with Gasteiger partial charge in [0.25, 0.3) is 0 Å². The molecule has 2 heterocycles. The molecule has 6 heteroatoms. The second-order valence-corrected chi connectivity index (χ2v) is 8.69. The van der Waals surface area contributed by atoms with E-state index in [-0.39, 0.29) is 0 Å². The van der Waals surface area contributed by atoms with Crippen molar-refractivity contribution in [1.82, 2.24) is 9.80 Å². The largest absolute Gasteiger partial charge is 0.492 e. The molecule has 0 saturated carbocycles. The topological polar surface area (TPSA) is 49.7 Å². The average molecular weight is 437 g/mol. The monoisotopic (exact) mass is 436 g/mol. The molecule has 0 N–H and O–H groups in total. The van der Waals surface area contributed by atoms with Crippen LogP contribution in [0.5, 0.6) is 11.5 Å². The summed E-state index contributed by atoms with van der Waals surface area (Å²) in [7, 11) is 0. The zero-order valence-electron chi connectivity index (χ0n) is 19.1. The lowest BCUT2D eigenvalue weighted by molar-refractivity contribution is 0.183. The highest BCUT2D eigenvalue weighted by molar-refractivity contribution is 5.44. The van der Waals surface area contributed by atoms with E-state index in [1.54, 1.807) is 0 Å². The van der Waals surface area contributed by atoms with E-state index in [0.29, 0.717) is 0 Å². The Morgan fingerprint density at radius 3 is 1.28 bits per heavy atom. The van der Waals surface area contributed by atoms with Crippen LogP contribution in [0.25, 0.3) is 0 Å². The van der Waals surface area contributed by atoms with Crippen molar-refractivity contribution in [1.29, 1.82) is 0 Å². The van der Waals surface area contributed by atoms with Gasteiger partial charge < -0.3 is 9.47 Å². The van der Waals surface area contributed by atoms with E-state index in [1.165, 1.54) is 64.7 Å². The van der Waals surface area contributed by atoms with Gasteiger partial charge in [-0.2, -0.15) is 10.2 Å². The van der Waals surface area contributed by atoms with E-state index < -0.39 is 0 Å². The molecule has 6 nitrogen and oxygen atoms in total. The predicted molar refractivity (Wildman–Crippen MR) is 129 cm³/mol. The summed E-state index contributed by atoms with van der Waals surface area (Å²) in [5.41, 5.74) is 1.63. The Kier molecular flexibility index (Phi) is 8.93. The minimum Gasteiger partial charge on any atom is -0.492 e. The lowest BCUT2D eigenvalue weighted by Crippen LogP contribution is -2.33. The first-order chi connectivity index (χ1) is 15.8. The minimum absolute atomic E-state index is 0.729. The van der Waals surface area contributed by atoms with Gasteiger partial charge >= 0.3 is 0 Å². The Balaban J connectivity index is 1.17. The van der Waals surface area contributed by atoms with Crippen LogP contribution in [-0.2, 0) is 0 Å². The summed E-state index contributed by atoms with van der Waals surface area (Å²) in [4.78, 5) is 4.97. The van der Waals surface area contributed by atoms with Crippen LogP contribution >= 0.6 is 0 Å². The van der Waals surface area contributed by atoms with Gasteiger partial charge in [0.15, 0.2) is 0 Å². The molecule has 2 aliphatic rings. The fraction of sp³-hybridized carbons (Fsp3) is 0.538. The van der Waals surface area contributed by atoms with Crippen molar-refractivity contribution in [2.45, 2.75) is 38.5 Å². The van der Waals surface area contributed by atoms with Crippen LogP contribution in [-0.4, -0.2) is 62.3 Å². The number of ether oxygens (including phenoxy) is 2. The van der Waals surface area contributed by atoms with Crippen LogP contribution in [0.4, 0.5) is 11.4 Å². The maximum atomic E-state index is 5.88. The average Bonchev–Trinajstić information content (AvgIpc) is 2.86. The molecule has 0 spiro atoms. The SMILES string of the molecule is c1cc(OCCN2CCCCC2)ccc1N=Nc1ccc(OCCN2CCCCC2)cc1. The first kappa shape index (κ1) is 22.7. The van der Waals surface area contributed by atoms with Crippen molar-refractivity contribution < 1.29 is 9.47 Å². The number of nitrogens with zero attached hydrogens (tertiary/aromatic N) is 4. The third kappa shape index (κ3) is 7.61. The predicted octanol–water partition coefficient (Wildman–Crippen LogP) is 5.83. The maximum absolute atomic E-state index is 5.88. The van der Waals surface area contributed by atoms with Crippen LogP contribution in [0.2, 0.25) is 0 Å². The standard InChI is InChI=1S/C26H36N4O2/c1-3-15-29(16-4-1)19-21-31-25-11-7-23(8-12-25)27-28-24-9-13-26(14-10-24)32-22-20-30-17-5-2-6-18-30/h7-14H,1-6,15-22H2. The van der Waals surface area contributed by atoms with E-state index in [4.69, 9.17) is 9.47 Å². The Labute approximate surface area is 192 Å². The second-order valence-electron chi connectivity index (χ2n) is 8.69. The van der Waals surface area contributed by atoms with Crippen LogP contribution in [0, 0.1) is 0 Å². The molecule has 0 bridgehead atoms. The number of piperidine rings is 2. The lowest BCUT2D eigenvalue weighted by atomic mass is 10.1. The molecule has 172 valence electrons. The summed E-state index contributed by atoms with van der Waals surface area (Å²) < 4.78 is 11.8. The van der Waals surface area contributed by atoms with Crippen LogP contribution in [0.3, 0.4) is 0 Å². The Bertz CT molecular complexity index is 741. The highest BCUT2D eigenvalue weighted by atomic mass is 16.5. The van der Waals surface area contributed by atoms with E-state index in [1.807, 2.05) is 48.5 Å². The summed E-state index contributed by atoms with van der Waals surface area (Å²) in [5, 5.41) is 8.68. The fourth-order valence-corrected chi connectivity index (χ4v) is 4.28. The molecule has 4 rings (SSSR count). The molecular weight excluding hydrogens is 400 g/mol. The molecule has 0 radical (unpaired) electrons. The zero-order chi connectivity index (χ0) is 21.8. The van der Waals surface area contributed by atoms with Crippen molar-refractivity contribution in [3.63, 3.8) is 0 Å².